The van der Waals surface area contributed by atoms with Crippen molar-refractivity contribution in [3.8, 4) is 11.4 Å². The Labute approximate surface area is 178 Å². The molecule has 0 spiro atoms. The van der Waals surface area contributed by atoms with E-state index < -0.39 is 10.0 Å². The van der Waals surface area contributed by atoms with E-state index in [0.29, 0.717) is 55.2 Å². The highest BCUT2D eigenvalue weighted by atomic mass is 32.2. The van der Waals surface area contributed by atoms with Crippen LogP contribution < -0.4 is 5.32 Å². The molecule has 0 bridgehead atoms. The molecule has 0 radical (unpaired) electrons. The number of amides is 1. The number of benzene rings is 1. The molecule has 1 atom stereocenters. The topological polar surface area (TPSA) is 105 Å². The van der Waals surface area contributed by atoms with Gasteiger partial charge >= 0.3 is 0 Å². The van der Waals surface area contributed by atoms with Crippen molar-refractivity contribution in [1.29, 1.82) is 0 Å². The molecule has 2 heterocycles. The predicted molar refractivity (Wildman–Crippen MR) is 113 cm³/mol. The second kappa shape index (κ2) is 9.26. The SMILES string of the molecule is CCc1nc(-c2ccc(C)c(S(=O)(=O)N3CCC(C(=O)NC(C)CC)CC3)c2)no1. The second-order valence-corrected chi connectivity index (χ2v) is 9.75. The van der Waals surface area contributed by atoms with Gasteiger partial charge in [0.15, 0.2) is 0 Å². The van der Waals surface area contributed by atoms with E-state index in [-0.39, 0.29) is 22.8 Å². The van der Waals surface area contributed by atoms with E-state index in [0.717, 1.165) is 6.42 Å². The van der Waals surface area contributed by atoms with Crippen molar-refractivity contribution in [2.24, 2.45) is 5.92 Å². The van der Waals surface area contributed by atoms with Crippen molar-refractivity contribution in [2.45, 2.75) is 64.3 Å². The van der Waals surface area contributed by atoms with Crippen molar-refractivity contribution in [2.75, 3.05) is 13.1 Å². The van der Waals surface area contributed by atoms with Gasteiger partial charge in [0.05, 0.1) is 4.90 Å². The molecule has 2 aromatic rings. The molecule has 8 nitrogen and oxygen atoms in total. The molecule has 9 heteroatoms. The van der Waals surface area contributed by atoms with Crippen LogP contribution in [0.4, 0.5) is 0 Å². The summed E-state index contributed by atoms with van der Waals surface area (Å²) in [5, 5.41) is 6.94. The second-order valence-electron chi connectivity index (χ2n) is 7.84. The van der Waals surface area contributed by atoms with Crippen LogP contribution in [-0.4, -0.2) is 47.9 Å². The summed E-state index contributed by atoms with van der Waals surface area (Å²) in [6.07, 6.45) is 2.52. The van der Waals surface area contributed by atoms with Gasteiger partial charge in [0.25, 0.3) is 0 Å². The van der Waals surface area contributed by atoms with Crippen LogP contribution in [0.15, 0.2) is 27.6 Å². The molecule has 1 amide bonds. The fraction of sp³-hybridized carbons (Fsp3) is 0.571. The molecular formula is C21H30N4O4S. The third-order valence-corrected chi connectivity index (χ3v) is 7.70. The summed E-state index contributed by atoms with van der Waals surface area (Å²) in [7, 11) is -3.68. The molecule has 1 aromatic heterocycles. The number of nitrogens with zero attached hydrogens (tertiary/aromatic N) is 3. The van der Waals surface area contributed by atoms with E-state index in [4.69, 9.17) is 4.52 Å². The minimum Gasteiger partial charge on any atom is -0.353 e. The largest absolute Gasteiger partial charge is 0.353 e. The molecule has 30 heavy (non-hydrogen) atoms. The van der Waals surface area contributed by atoms with Crippen LogP contribution in [0.2, 0.25) is 0 Å². The van der Waals surface area contributed by atoms with E-state index >= 15 is 0 Å². The summed E-state index contributed by atoms with van der Waals surface area (Å²) in [5.41, 5.74) is 1.26. The molecule has 0 saturated carbocycles. The van der Waals surface area contributed by atoms with Crippen molar-refractivity contribution < 1.29 is 17.7 Å². The Morgan fingerprint density at radius 2 is 2.00 bits per heavy atom. The highest BCUT2D eigenvalue weighted by Crippen LogP contribution is 2.29. The van der Waals surface area contributed by atoms with E-state index in [1.807, 2.05) is 20.8 Å². The number of carbonyl (C=O) groups is 1. The lowest BCUT2D eigenvalue weighted by atomic mass is 9.97. The van der Waals surface area contributed by atoms with Crippen LogP contribution in [0.1, 0.15) is 51.5 Å². The molecule has 0 aliphatic carbocycles. The maximum absolute atomic E-state index is 13.3. The van der Waals surface area contributed by atoms with E-state index in [1.54, 1.807) is 25.1 Å². The van der Waals surface area contributed by atoms with Gasteiger partial charge < -0.3 is 9.84 Å². The number of hydrogen-bond acceptors (Lipinski definition) is 6. The molecule has 1 aromatic carbocycles. The zero-order chi connectivity index (χ0) is 21.9. The Balaban J connectivity index is 1.76. The Bertz CT molecular complexity index is 994. The standard InChI is InChI=1S/C21H30N4O4S/c1-5-15(4)22-21(26)16-9-11-25(12-10-16)30(27,28)18-13-17(8-7-14(18)3)20-23-19(6-2)29-24-20/h7-8,13,15-16H,5-6,9-12H2,1-4H3,(H,22,26). The Hall–Kier alpha value is -2.26. The van der Waals surface area contributed by atoms with Crippen molar-refractivity contribution in [1.82, 2.24) is 19.8 Å². The lowest BCUT2D eigenvalue weighted by Gasteiger charge is -2.31. The monoisotopic (exact) mass is 434 g/mol. The summed E-state index contributed by atoms with van der Waals surface area (Å²) in [4.78, 5) is 16.9. The first kappa shape index (κ1) is 22.4. The lowest BCUT2D eigenvalue weighted by molar-refractivity contribution is -0.126. The van der Waals surface area contributed by atoms with Gasteiger partial charge in [0.2, 0.25) is 27.6 Å². The van der Waals surface area contributed by atoms with Crippen LogP contribution in [0.5, 0.6) is 0 Å². The van der Waals surface area contributed by atoms with E-state index in [2.05, 4.69) is 15.5 Å². The van der Waals surface area contributed by atoms with Crippen molar-refractivity contribution in [3.63, 3.8) is 0 Å². The predicted octanol–water partition coefficient (Wildman–Crippen LogP) is 2.92. The van der Waals surface area contributed by atoms with Gasteiger partial charge in [-0.25, -0.2) is 8.42 Å². The number of sulfonamides is 1. The van der Waals surface area contributed by atoms with Crippen molar-refractivity contribution >= 4 is 15.9 Å². The van der Waals surface area contributed by atoms with Crippen LogP contribution in [0.3, 0.4) is 0 Å². The van der Waals surface area contributed by atoms with E-state index in [9.17, 15) is 13.2 Å². The number of rotatable bonds is 7. The number of aromatic nitrogens is 2. The number of carbonyl (C=O) groups excluding carboxylic acids is 1. The number of piperidine rings is 1. The molecule has 1 saturated heterocycles. The number of aryl methyl sites for hydroxylation is 2. The van der Waals surface area contributed by atoms with Crippen LogP contribution >= 0.6 is 0 Å². The average Bonchev–Trinajstić information content (AvgIpc) is 3.23. The van der Waals surface area contributed by atoms with Crippen LogP contribution in [0, 0.1) is 12.8 Å². The zero-order valence-electron chi connectivity index (χ0n) is 18.0. The number of nitrogens with one attached hydrogen (secondary N) is 1. The highest BCUT2D eigenvalue weighted by molar-refractivity contribution is 7.89. The molecule has 1 unspecified atom stereocenters. The maximum Gasteiger partial charge on any atom is 0.243 e. The first-order chi connectivity index (χ1) is 14.3. The summed E-state index contributed by atoms with van der Waals surface area (Å²) >= 11 is 0. The minimum absolute atomic E-state index is 0.0170. The quantitative estimate of drug-likeness (QED) is 0.718. The van der Waals surface area contributed by atoms with Gasteiger partial charge in [-0.2, -0.15) is 9.29 Å². The lowest BCUT2D eigenvalue weighted by Crippen LogP contribution is -2.44. The smallest absolute Gasteiger partial charge is 0.243 e. The fourth-order valence-electron chi connectivity index (χ4n) is 3.49. The van der Waals surface area contributed by atoms with Gasteiger partial charge in [0, 0.05) is 37.0 Å². The third-order valence-electron chi connectivity index (χ3n) is 5.66. The number of hydrogen-bond donors (Lipinski definition) is 1. The first-order valence-corrected chi connectivity index (χ1v) is 11.9. The highest BCUT2D eigenvalue weighted by Gasteiger charge is 2.33. The van der Waals surface area contributed by atoms with Gasteiger partial charge in [-0.3, -0.25) is 4.79 Å². The van der Waals surface area contributed by atoms with Crippen molar-refractivity contribution in [3.05, 3.63) is 29.7 Å². The minimum atomic E-state index is -3.68. The van der Waals surface area contributed by atoms with Crippen LogP contribution in [0.25, 0.3) is 11.4 Å². The summed E-state index contributed by atoms with van der Waals surface area (Å²) in [6.45, 7) is 8.33. The average molecular weight is 435 g/mol. The van der Waals surface area contributed by atoms with E-state index in [1.165, 1.54) is 4.31 Å². The molecule has 164 valence electrons. The van der Waals surface area contributed by atoms with Gasteiger partial charge in [-0.1, -0.05) is 31.1 Å². The molecular weight excluding hydrogens is 404 g/mol. The third kappa shape index (κ3) is 4.73. The normalized spacial score (nSPS) is 17.1. The van der Waals surface area contributed by atoms with Crippen LogP contribution in [-0.2, 0) is 21.2 Å². The Morgan fingerprint density at radius 1 is 1.30 bits per heavy atom. The Morgan fingerprint density at radius 3 is 2.60 bits per heavy atom. The molecule has 1 N–H and O–H groups in total. The first-order valence-electron chi connectivity index (χ1n) is 10.5. The Kier molecular flexibility index (Phi) is 6.92. The molecule has 1 aliphatic rings. The molecule has 3 rings (SSSR count). The summed E-state index contributed by atoms with van der Waals surface area (Å²) in [6, 6.07) is 5.29. The fourth-order valence-corrected chi connectivity index (χ4v) is 5.21. The summed E-state index contributed by atoms with van der Waals surface area (Å²) < 4.78 is 33.3. The molecule has 1 aliphatic heterocycles. The van der Waals surface area contributed by atoms with Gasteiger partial charge in [-0.15, -0.1) is 0 Å². The maximum atomic E-state index is 13.3. The zero-order valence-corrected chi connectivity index (χ0v) is 18.8. The van der Waals surface area contributed by atoms with Gasteiger partial charge in [0.1, 0.15) is 0 Å². The van der Waals surface area contributed by atoms with Gasteiger partial charge in [-0.05, 0) is 44.7 Å². The molecule has 1 fully saturated rings. The summed E-state index contributed by atoms with van der Waals surface area (Å²) in [5.74, 6) is 0.754.